The molecule has 0 unspecified atom stereocenters. The predicted octanol–water partition coefficient (Wildman–Crippen LogP) is 0.782. The Hall–Kier alpha value is -0.810. The lowest BCUT2D eigenvalue weighted by Crippen LogP contribution is -2.46. The van der Waals surface area contributed by atoms with Crippen molar-refractivity contribution in [3.05, 3.63) is 0 Å². The van der Waals surface area contributed by atoms with Crippen LogP contribution in [0.3, 0.4) is 0 Å². The molecule has 0 atom stereocenters. The predicted molar refractivity (Wildman–Crippen MR) is 78.4 cm³/mol. The Morgan fingerprint density at radius 2 is 1.79 bits per heavy atom. The van der Waals surface area contributed by atoms with E-state index in [0.717, 1.165) is 26.2 Å². The third kappa shape index (κ3) is 6.78. The van der Waals surface area contributed by atoms with Crippen molar-refractivity contribution in [2.45, 2.75) is 33.6 Å². The first kappa shape index (κ1) is 18.2. The van der Waals surface area contributed by atoms with Gasteiger partial charge in [-0.05, 0) is 6.42 Å². The van der Waals surface area contributed by atoms with Crippen LogP contribution in [0.4, 0.5) is 0 Å². The van der Waals surface area contributed by atoms with E-state index in [4.69, 9.17) is 0 Å². The van der Waals surface area contributed by atoms with Crippen LogP contribution in [0.15, 0.2) is 0 Å². The van der Waals surface area contributed by atoms with Gasteiger partial charge in [0, 0.05) is 44.6 Å². The molecule has 0 radical (unpaired) electrons. The highest BCUT2D eigenvalue weighted by Crippen LogP contribution is 2.12. The normalized spacial score (nSPS) is 15.6. The fourth-order valence-electron chi connectivity index (χ4n) is 1.78. The maximum absolute atomic E-state index is 11.8. The number of hydrogen-bond donors (Lipinski definition) is 2. The minimum absolute atomic E-state index is 0. The number of nitrogens with zero attached hydrogens (tertiary/aromatic N) is 1. The van der Waals surface area contributed by atoms with Crippen molar-refractivity contribution in [3.8, 4) is 0 Å². The van der Waals surface area contributed by atoms with E-state index in [1.807, 2.05) is 25.7 Å². The van der Waals surface area contributed by atoms with Gasteiger partial charge in [-0.15, -0.1) is 12.4 Å². The molecule has 1 aliphatic heterocycles. The number of halogens is 1. The summed E-state index contributed by atoms with van der Waals surface area (Å²) >= 11 is 0. The first-order chi connectivity index (χ1) is 8.41. The Morgan fingerprint density at radius 3 is 2.32 bits per heavy atom. The summed E-state index contributed by atoms with van der Waals surface area (Å²) in [6, 6.07) is 0. The number of hydrogen-bond acceptors (Lipinski definition) is 3. The molecule has 1 heterocycles. The zero-order chi connectivity index (χ0) is 13.6. The molecule has 0 aliphatic carbocycles. The molecule has 1 aliphatic rings. The number of carbonyl (C=O) groups excluding carboxylic acids is 2. The summed E-state index contributed by atoms with van der Waals surface area (Å²) < 4.78 is 0. The van der Waals surface area contributed by atoms with E-state index in [2.05, 4.69) is 10.6 Å². The van der Waals surface area contributed by atoms with Crippen LogP contribution >= 0.6 is 12.4 Å². The number of amides is 2. The summed E-state index contributed by atoms with van der Waals surface area (Å²) in [5, 5.41) is 6.08. The molecule has 19 heavy (non-hydrogen) atoms. The molecule has 0 bridgehead atoms. The van der Waals surface area contributed by atoms with Crippen LogP contribution in [-0.4, -0.2) is 49.4 Å². The summed E-state index contributed by atoms with van der Waals surface area (Å²) in [6.07, 6.45) is 1.23. The molecule has 1 rings (SSSR count). The van der Waals surface area contributed by atoms with Crippen LogP contribution in [-0.2, 0) is 9.59 Å². The zero-order valence-corrected chi connectivity index (χ0v) is 12.9. The fourth-order valence-corrected chi connectivity index (χ4v) is 1.78. The lowest BCUT2D eigenvalue weighted by molar-refractivity contribution is -0.132. The molecular weight excluding hydrogens is 266 g/mol. The van der Waals surface area contributed by atoms with E-state index in [-0.39, 0.29) is 29.6 Å². The van der Waals surface area contributed by atoms with Gasteiger partial charge in [0.2, 0.25) is 11.8 Å². The highest BCUT2D eigenvalue weighted by molar-refractivity contribution is 5.85. The second-order valence-corrected chi connectivity index (χ2v) is 5.74. The van der Waals surface area contributed by atoms with Gasteiger partial charge in [0.25, 0.3) is 0 Å². The lowest BCUT2D eigenvalue weighted by atomic mass is 9.96. The number of piperazine rings is 1. The monoisotopic (exact) mass is 291 g/mol. The Bertz CT molecular complexity index is 297. The van der Waals surface area contributed by atoms with Crippen LogP contribution in [0.2, 0.25) is 0 Å². The highest BCUT2D eigenvalue weighted by atomic mass is 35.5. The number of rotatable bonds is 4. The molecular formula is C13H26ClN3O2. The Labute approximate surface area is 121 Å². The largest absolute Gasteiger partial charge is 0.356 e. The van der Waals surface area contributed by atoms with E-state index in [1.54, 1.807) is 0 Å². The van der Waals surface area contributed by atoms with Crippen LogP contribution in [0.1, 0.15) is 33.6 Å². The van der Waals surface area contributed by atoms with Gasteiger partial charge in [-0.1, -0.05) is 20.8 Å². The molecule has 6 heteroatoms. The lowest BCUT2D eigenvalue weighted by Gasteiger charge is -2.27. The minimum atomic E-state index is -0.359. The molecule has 0 spiro atoms. The smallest absolute Gasteiger partial charge is 0.225 e. The Balaban J connectivity index is 0.00000324. The SMILES string of the molecule is CC(C)(C)C(=O)NCCCC(=O)N1CCNCC1.Cl. The molecule has 0 aromatic rings. The molecule has 2 N–H and O–H groups in total. The van der Waals surface area contributed by atoms with Crippen molar-refractivity contribution in [2.75, 3.05) is 32.7 Å². The van der Waals surface area contributed by atoms with Gasteiger partial charge in [0.1, 0.15) is 0 Å². The first-order valence-corrected chi connectivity index (χ1v) is 6.68. The van der Waals surface area contributed by atoms with Crippen molar-refractivity contribution in [3.63, 3.8) is 0 Å². The third-order valence-corrected chi connectivity index (χ3v) is 3.00. The zero-order valence-electron chi connectivity index (χ0n) is 12.1. The average molecular weight is 292 g/mol. The van der Waals surface area contributed by atoms with Crippen molar-refractivity contribution in [2.24, 2.45) is 5.41 Å². The molecule has 112 valence electrons. The molecule has 0 aromatic carbocycles. The number of nitrogens with one attached hydrogen (secondary N) is 2. The van der Waals surface area contributed by atoms with Crippen LogP contribution in [0.25, 0.3) is 0 Å². The van der Waals surface area contributed by atoms with Crippen LogP contribution in [0, 0.1) is 5.41 Å². The summed E-state index contributed by atoms with van der Waals surface area (Å²) in [7, 11) is 0. The second kappa shape index (κ2) is 8.38. The topological polar surface area (TPSA) is 61.4 Å². The van der Waals surface area contributed by atoms with Gasteiger partial charge in [0.05, 0.1) is 0 Å². The van der Waals surface area contributed by atoms with E-state index in [9.17, 15) is 9.59 Å². The Kier molecular flexibility index (Phi) is 8.02. The van der Waals surface area contributed by atoms with Gasteiger partial charge < -0.3 is 15.5 Å². The van der Waals surface area contributed by atoms with Crippen LogP contribution < -0.4 is 10.6 Å². The fraction of sp³-hybridized carbons (Fsp3) is 0.846. The summed E-state index contributed by atoms with van der Waals surface area (Å²) in [5.41, 5.74) is -0.359. The summed E-state index contributed by atoms with van der Waals surface area (Å²) in [5.74, 6) is 0.235. The van der Waals surface area contributed by atoms with Gasteiger partial charge in [-0.3, -0.25) is 9.59 Å². The van der Waals surface area contributed by atoms with Crippen molar-refractivity contribution < 1.29 is 9.59 Å². The third-order valence-electron chi connectivity index (χ3n) is 3.00. The minimum Gasteiger partial charge on any atom is -0.356 e. The second-order valence-electron chi connectivity index (χ2n) is 5.74. The van der Waals surface area contributed by atoms with Gasteiger partial charge >= 0.3 is 0 Å². The van der Waals surface area contributed by atoms with Gasteiger partial charge in [-0.2, -0.15) is 0 Å². The average Bonchev–Trinajstić information content (AvgIpc) is 2.34. The van der Waals surface area contributed by atoms with Gasteiger partial charge in [-0.25, -0.2) is 0 Å². The van der Waals surface area contributed by atoms with E-state index >= 15 is 0 Å². The molecule has 0 saturated carbocycles. The quantitative estimate of drug-likeness (QED) is 0.753. The van der Waals surface area contributed by atoms with Crippen molar-refractivity contribution >= 4 is 24.2 Å². The van der Waals surface area contributed by atoms with E-state index in [1.165, 1.54) is 0 Å². The van der Waals surface area contributed by atoms with Crippen molar-refractivity contribution in [1.82, 2.24) is 15.5 Å². The molecule has 0 aromatic heterocycles. The Morgan fingerprint density at radius 1 is 1.21 bits per heavy atom. The van der Waals surface area contributed by atoms with Gasteiger partial charge in [0.15, 0.2) is 0 Å². The molecule has 1 saturated heterocycles. The van der Waals surface area contributed by atoms with Crippen molar-refractivity contribution in [1.29, 1.82) is 0 Å². The molecule has 1 fully saturated rings. The van der Waals surface area contributed by atoms with E-state index in [0.29, 0.717) is 19.4 Å². The standard InChI is InChI=1S/C13H25N3O2.ClH/c1-13(2,3)12(18)15-6-4-5-11(17)16-9-7-14-8-10-16;/h14H,4-10H2,1-3H3,(H,15,18);1H. The van der Waals surface area contributed by atoms with Crippen LogP contribution in [0.5, 0.6) is 0 Å². The molecule has 2 amide bonds. The maximum atomic E-state index is 11.8. The summed E-state index contributed by atoms with van der Waals surface area (Å²) in [4.78, 5) is 25.3. The van der Waals surface area contributed by atoms with E-state index < -0.39 is 0 Å². The first-order valence-electron chi connectivity index (χ1n) is 6.68. The highest BCUT2D eigenvalue weighted by Gasteiger charge is 2.20. The number of carbonyl (C=O) groups is 2. The summed E-state index contributed by atoms with van der Waals surface area (Å²) in [6.45, 7) is 9.59. The maximum Gasteiger partial charge on any atom is 0.225 e. The molecule has 5 nitrogen and oxygen atoms in total.